The Morgan fingerprint density at radius 2 is 1.85 bits per heavy atom. The van der Waals surface area contributed by atoms with Gasteiger partial charge in [-0.2, -0.15) is 0 Å². The Balaban J connectivity index is 1.59. The first-order valence-corrected chi connectivity index (χ1v) is 9.25. The highest BCUT2D eigenvalue weighted by Crippen LogP contribution is 2.44. The smallest absolute Gasteiger partial charge is 0.314 e. The second-order valence-corrected chi connectivity index (χ2v) is 7.10. The van der Waals surface area contributed by atoms with E-state index in [0.717, 1.165) is 36.1 Å². The molecule has 1 saturated carbocycles. The van der Waals surface area contributed by atoms with Gasteiger partial charge in [0.25, 0.3) is 0 Å². The van der Waals surface area contributed by atoms with Crippen LogP contribution in [0.25, 0.3) is 0 Å². The van der Waals surface area contributed by atoms with Gasteiger partial charge in [-0.15, -0.1) is 0 Å². The molecule has 1 aliphatic heterocycles. The molecule has 0 aromatic heterocycles. The third-order valence-electron chi connectivity index (χ3n) is 5.30. The van der Waals surface area contributed by atoms with Crippen LogP contribution in [0.4, 0.5) is 0 Å². The average molecular weight is 350 g/mol. The highest BCUT2D eigenvalue weighted by Gasteiger charge is 2.39. The lowest BCUT2D eigenvalue weighted by atomic mass is 9.75. The first-order valence-electron chi connectivity index (χ1n) is 9.25. The average Bonchev–Trinajstić information content (AvgIpc) is 2.64. The molecule has 2 aliphatic rings. The third-order valence-corrected chi connectivity index (χ3v) is 5.30. The van der Waals surface area contributed by atoms with Crippen molar-refractivity contribution in [3.8, 4) is 11.5 Å². The number of carbonyl (C=O) groups is 2. The SMILES string of the molecule is O=C1CCCCC2C(=O)Oc3ccc(OCc4ccccc4)cc3[C@H]2C1. The molecule has 0 bridgehead atoms. The van der Waals surface area contributed by atoms with Gasteiger partial charge in [-0.1, -0.05) is 36.8 Å². The van der Waals surface area contributed by atoms with Crippen molar-refractivity contribution in [3.63, 3.8) is 0 Å². The monoisotopic (exact) mass is 350 g/mol. The van der Waals surface area contributed by atoms with Gasteiger partial charge in [0.05, 0.1) is 5.92 Å². The van der Waals surface area contributed by atoms with E-state index in [1.165, 1.54) is 0 Å². The Morgan fingerprint density at radius 3 is 2.69 bits per heavy atom. The number of carbonyl (C=O) groups excluding carboxylic acids is 2. The van der Waals surface area contributed by atoms with Crippen molar-refractivity contribution < 1.29 is 19.1 Å². The Morgan fingerprint density at radius 1 is 1.00 bits per heavy atom. The first kappa shape index (κ1) is 16.8. The number of rotatable bonds is 3. The maximum absolute atomic E-state index is 12.4. The molecule has 4 nitrogen and oxygen atoms in total. The van der Waals surface area contributed by atoms with E-state index >= 15 is 0 Å². The van der Waals surface area contributed by atoms with Crippen LogP contribution in [0, 0.1) is 5.92 Å². The number of hydrogen-bond acceptors (Lipinski definition) is 4. The lowest BCUT2D eigenvalue weighted by Crippen LogP contribution is -2.33. The van der Waals surface area contributed by atoms with Crippen LogP contribution in [0.15, 0.2) is 48.5 Å². The molecule has 1 fully saturated rings. The summed E-state index contributed by atoms with van der Waals surface area (Å²) in [5.74, 6) is 1.01. The fourth-order valence-corrected chi connectivity index (χ4v) is 3.91. The van der Waals surface area contributed by atoms with E-state index in [0.29, 0.717) is 25.2 Å². The summed E-state index contributed by atoms with van der Waals surface area (Å²) in [6, 6.07) is 15.5. The molecule has 134 valence electrons. The van der Waals surface area contributed by atoms with Crippen molar-refractivity contribution in [2.75, 3.05) is 0 Å². The first-order chi connectivity index (χ1) is 12.7. The summed E-state index contributed by atoms with van der Waals surface area (Å²) in [5.41, 5.74) is 2.02. The predicted molar refractivity (Wildman–Crippen MR) is 97.2 cm³/mol. The maximum atomic E-state index is 12.4. The number of hydrogen-bond donors (Lipinski definition) is 0. The fraction of sp³-hybridized carbons (Fsp3) is 0.364. The minimum absolute atomic E-state index is 0.0978. The predicted octanol–water partition coefficient (Wildman–Crippen LogP) is 4.42. The molecule has 0 amide bonds. The van der Waals surface area contributed by atoms with Gasteiger partial charge < -0.3 is 9.47 Å². The van der Waals surface area contributed by atoms with E-state index in [-0.39, 0.29) is 23.6 Å². The van der Waals surface area contributed by atoms with Crippen molar-refractivity contribution in [1.82, 2.24) is 0 Å². The van der Waals surface area contributed by atoms with Gasteiger partial charge in [-0.05, 0) is 36.6 Å². The quantitative estimate of drug-likeness (QED) is 0.607. The number of fused-ring (bicyclic) bond motifs is 3. The van der Waals surface area contributed by atoms with Crippen LogP contribution in [0.1, 0.15) is 49.1 Å². The van der Waals surface area contributed by atoms with Gasteiger partial charge in [0.2, 0.25) is 0 Å². The zero-order chi connectivity index (χ0) is 17.9. The van der Waals surface area contributed by atoms with Crippen LogP contribution >= 0.6 is 0 Å². The lowest BCUT2D eigenvalue weighted by Gasteiger charge is -2.33. The Labute approximate surface area is 153 Å². The van der Waals surface area contributed by atoms with Crippen LogP contribution in [-0.4, -0.2) is 11.8 Å². The van der Waals surface area contributed by atoms with Crippen LogP contribution in [0.2, 0.25) is 0 Å². The molecule has 1 unspecified atom stereocenters. The summed E-state index contributed by atoms with van der Waals surface area (Å²) in [4.78, 5) is 24.6. The summed E-state index contributed by atoms with van der Waals surface area (Å²) < 4.78 is 11.5. The van der Waals surface area contributed by atoms with E-state index in [2.05, 4.69) is 0 Å². The summed E-state index contributed by atoms with van der Waals surface area (Å²) in [5, 5.41) is 0. The Hall–Kier alpha value is -2.62. The van der Waals surface area contributed by atoms with Gasteiger partial charge in [-0.3, -0.25) is 9.59 Å². The van der Waals surface area contributed by atoms with Crippen LogP contribution < -0.4 is 9.47 Å². The summed E-state index contributed by atoms with van der Waals surface area (Å²) in [6.45, 7) is 0.479. The van der Waals surface area contributed by atoms with Gasteiger partial charge in [0.15, 0.2) is 0 Å². The number of esters is 1. The summed E-state index contributed by atoms with van der Waals surface area (Å²) in [6.07, 6.45) is 3.56. The number of ketones is 1. The molecule has 4 rings (SSSR count). The molecule has 2 atom stereocenters. The molecule has 1 heterocycles. The second kappa shape index (κ2) is 7.32. The van der Waals surface area contributed by atoms with Crippen LogP contribution in [-0.2, 0) is 16.2 Å². The van der Waals surface area contributed by atoms with E-state index < -0.39 is 0 Å². The highest BCUT2D eigenvalue weighted by molar-refractivity contribution is 5.84. The maximum Gasteiger partial charge on any atom is 0.314 e. The van der Waals surface area contributed by atoms with Crippen molar-refractivity contribution in [2.24, 2.45) is 5.92 Å². The molecule has 0 spiro atoms. The zero-order valence-corrected chi connectivity index (χ0v) is 14.6. The third kappa shape index (κ3) is 3.50. The molecule has 1 aliphatic carbocycles. The number of ether oxygens (including phenoxy) is 2. The topological polar surface area (TPSA) is 52.6 Å². The van der Waals surface area contributed by atoms with Crippen molar-refractivity contribution >= 4 is 11.8 Å². The molecular formula is C22H22O4. The molecule has 0 radical (unpaired) electrons. The van der Waals surface area contributed by atoms with Crippen molar-refractivity contribution in [3.05, 3.63) is 59.7 Å². The van der Waals surface area contributed by atoms with Gasteiger partial charge >= 0.3 is 5.97 Å². The van der Waals surface area contributed by atoms with E-state index in [1.807, 2.05) is 42.5 Å². The van der Waals surface area contributed by atoms with Gasteiger partial charge in [0.1, 0.15) is 23.9 Å². The Kier molecular flexibility index (Phi) is 4.74. The Bertz CT molecular complexity index is 812. The molecular weight excluding hydrogens is 328 g/mol. The second-order valence-electron chi connectivity index (χ2n) is 7.10. The number of benzene rings is 2. The minimum atomic E-state index is -0.226. The summed E-state index contributed by atoms with van der Waals surface area (Å²) >= 11 is 0. The normalized spacial score (nSPS) is 22.5. The van der Waals surface area contributed by atoms with E-state index in [1.54, 1.807) is 6.07 Å². The molecule has 0 N–H and O–H groups in total. The van der Waals surface area contributed by atoms with E-state index in [4.69, 9.17) is 9.47 Å². The van der Waals surface area contributed by atoms with Gasteiger partial charge in [0, 0.05) is 24.3 Å². The molecule has 2 aromatic rings. The van der Waals surface area contributed by atoms with E-state index in [9.17, 15) is 9.59 Å². The van der Waals surface area contributed by atoms with Crippen molar-refractivity contribution in [1.29, 1.82) is 0 Å². The van der Waals surface area contributed by atoms with Crippen LogP contribution in [0.5, 0.6) is 11.5 Å². The fourth-order valence-electron chi connectivity index (χ4n) is 3.91. The molecule has 0 saturated heterocycles. The highest BCUT2D eigenvalue weighted by atomic mass is 16.5. The largest absolute Gasteiger partial charge is 0.489 e. The van der Waals surface area contributed by atoms with Crippen LogP contribution in [0.3, 0.4) is 0 Å². The van der Waals surface area contributed by atoms with Crippen molar-refractivity contribution in [2.45, 2.75) is 44.6 Å². The number of Topliss-reactive ketones (excluding diaryl/α,β-unsaturated/α-hetero) is 1. The molecule has 4 heteroatoms. The lowest BCUT2D eigenvalue weighted by molar-refractivity contribution is -0.142. The molecule has 26 heavy (non-hydrogen) atoms. The zero-order valence-electron chi connectivity index (χ0n) is 14.6. The standard InChI is InChI=1S/C22H22O4/c23-16-8-4-5-9-18-19(12-16)20-13-17(10-11-21(20)26-22(18)24)25-14-15-6-2-1-3-7-15/h1-3,6-7,10-11,13,18-19H,4-5,8-9,12,14H2/t18?,19-/m0/s1. The minimum Gasteiger partial charge on any atom is -0.489 e. The van der Waals surface area contributed by atoms with Gasteiger partial charge in [-0.25, -0.2) is 0 Å². The molecule has 2 aromatic carbocycles. The summed E-state index contributed by atoms with van der Waals surface area (Å²) in [7, 11) is 0.